The van der Waals surface area contributed by atoms with Gasteiger partial charge < -0.3 is 19.7 Å². The topological polar surface area (TPSA) is 62.2 Å². The highest BCUT2D eigenvalue weighted by Gasteiger charge is 2.30. The third-order valence-electron chi connectivity index (χ3n) is 7.15. The summed E-state index contributed by atoms with van der Waals surface area (Å²) in [5.74, 6) is 1.55. The van der Waals surface area contributed by atoms with Crippen molar-refractivity contribution in [1.82, 2.24) is 4.90 Å². The van der Waals surface area contributed by atoms with Gasteiger partial charge in [-0.25, -0.2) is 8.78 Å². The summed E-state index contributed by atoms with van der Waals surface area (Å²) in [6.07, 6.45) is -0.110. The molecular formula is C30H31F2NO4. The Balaban J connectivity index is 1.39. The lowest BCUT2D eigenvalue weighted by Gasteiger charge is -2.34. The average molecular weight is 508 g/mol. The van der Waals surface area contributed by atoms with Crippen molar-refractivity contribution in [3.63, 3.8) is 0 Å². The molecule has 37 heavy (non-hydrogen) atoms. The quantitative estimate of drug-likeness (QED) is 0.392. The van der Waals surface area contributed by atoms with E-state index in [1.54, 1.807) is 36.4 Å². The van der Waals surface area contributed by atoms with Crippen molar-refractivity contribution in [3.8, 4) is 23.0 Å². The molecule has 3 aromatic carbocycles. The lowest BCUT2D eigenvalue weighted by Crippen LogP contribution is -2.47. The van der Waals surface area contributed by atoms with Gasteiger partial charge in [0.15, 0.2) is 0 Å². The Hall–Kier alpha value is -3.58. The van der Waals surface area contributed by atoms with Crippen molar-refractivity contribution in [2.45, 2.75) is 38.1 Å². The van der Waals surface area contributed by atoms with Gasteiger partial charge in [-0.1, -0.05) is 24.3 Å². The summed E-state index contributed by atoms with van der Waals surface area (Å²) < 4.78 is 39.8. The van der Waals surface area contributed by atoms with Gasteiger partial charge in [0.1, 0.15) is 48.6 Å². The standard InChI is InChI=1S/C30H31F2NO4/c1-19-27-15-25(35)9-12-28(27)37-30(29(19)21-4-2-6-24(34)14-21)20-7-10-26(11-8-20)36-18-23(16-31)33-13-3-5-22(32)17-33/h2,4,6-12,14-15,22-23,30,34-35H,3,5,13,16-18H2,1H3/t22-,23+,30?/m1/s1. The molecule has 7 heteroatoms. The number of fused-ring (bicyclic) bond motifs is 1. The smallest absolute Gasteiger partial charge is 0.150 e. The molecule has 1 saturated heterocycles. The average Bonchev–Trinajstić information content (AvgIpc) is 2.90. The zero-order chi connectivity index (χ0) is 25.9. The number of rotatable bonds is 7. The van der Waals surface area contributed by atoms with E-state index >= 15 is 0 Å². The molecule has 5 rings (SSSR count). The van der Waals surface area contributed by atoms with Gasteiger partial charge in [-0.05, 0) is 85.5 Å². The Morgan fingerprint density at radius 3 is 2.57 bits per heavy atom. The van der Waals surface area contributed by atoms with Gasteiger partial charge in [0.25, 0.3) is 0 Å². The number of phenolic OH excluding ortho intramolecular Hbond substituents is 2. The maximum absolute atomic E-state index is 13.8. The highest BCUT2D eigenvalue weighted by molar-refractivity contribution is 5.95. The van der Waals surface area contributed by atoms with Gasteiger partial charge in [-0.2, -0.15) is 0 Å². The van der Waals surface area contributed by atoms with E-state index in [0.717, 1.165) is 34.3 Å². The van der Waals surface area contributed by atoms with Gasteiger partial charge in [0.05, 0.1) is 6.04 Å². The molecule has 1 unspecified atom stereocenters. The second kappa shape index (κ2) is 10.8. The summed E-state index contributed by atoms with van der Waals surface area (Å²) in [5.41, 5.74) is 4.30. The number of aromatic hydroxyl groups is 2. The molecule has 5 nitrogen and oxygen atoms in total. The first-order valence-electron chi connectivity index (χ1n) is 12.6. The SMILES string of the molecule is CC1=C(c2cccc(O)c2)C(c2ccc(OC[C@H](CF)N3CCC[C@@H](F)C3)cc2)Oc2ccc(O)cc21. The first-order chi connectivity index (χ1) is 17.9. The third kappa shape index (κ3) is 5.42. The van der Waals surface area contributed by atoms with Crippen molar-refractivity contribution in [3.05, 3.63) is 83.4 Å². The minimum absolute atomic E-state index is 0.146. The largest absolute Gasteiger partial charge is 0.508 e. The van der Waals surface area contributed by atoms with Crippen LogP contribution in [0.1, 0.15) is 42.6 Å². The first-order valence-corrected chi connectivity index (χ1v) is 12.6. The zero-order valence-corrected chi connectivity index (χ0v) is 20.7. The highest BCUT2D eigenvalue weighted by atomic mass is 19.1. The predicted octanol–water partition coefficient (Wildman–Crippen LogP) is 6.31. The molecule has 0 aromatic heterocycles. The van der Waals surface area contributed by atoms with Crippen molar-refractivity contribution in [2.75, 3.05) is 26.4 Å². The number of piperidine rings is 1. The van der Waals surface area contributed by atoms with E-state index in [-0.39, 0.29) is 24.7 Å². The molecule has 0 radical (unpaired) electrons. The van der Waals surface area contributed by atoms with Crippen LogP contribution in [-0.4, -0.2) is 53.7 Å². The van der Waals surface area contributed by atoms with Gasteiger partial charge in [0.2, 0.25) is 0 Å². The molecule has 2 aliphatic rings. The van der Waals surface area contributed by atoms with E-state index in [9.17, 15) is 19.0 Å². The van der Waals surface area contributed by atoms with E-state index < -0.39 is 25.0 Å². The van der Waals surface area contributed by atoms with E-state index in [2.05, 4.69) is 0 Å². The molecule has 0 saturated carbocycles. The summed E-state index contributed by atoms with van der Waals surface area (Å²) in [4.78, 5) is 1.84. The van der Waals surface area contributed by atoms with Gasteiger partial charge in [-0.3, -0.25) is 4.90 Å². The van der Waals surface area contributed by atoms with Crippen LogP contribution in [0.25, 0.3) is 11.1 Å². The van der Waals surface area contributed by atoms with Crippen LogP contribution in [0, 0.1) is 0 Å². The number of likely N-dealkylation sites (tertiary alicyclic amines) is 1. The second-order valence-corrected chi connectivity index (χ2v) is 9.69. The van der Waals surface area contributed by atoms with Crippen molar-refractivity contribution < 1.29 is 28.5 Å². The fourth-order valence-corrected chi connectivity index (χ4v) is 5.18. The van der Waals surface area contributed by atoms with E-state index in [4.69, 9.17) is 9.47 Å². The molecule has 0 spiro atoms. The van der Waals surface area contributed by atoms with Crippen LogP contribution in [-0.2, 0) is 0 Å². The second-order valence-electron chi connectivity index (χ2n) is 9.69. The molecular weight excluding hydrogens is 476 g/mol. The normalized spacial score (nSPS) is 20.7. The number of benzene rings is 3. The lowest BCUT2D eigenvalue weighted by atomic mass is 9.86. The van der Waals surface area contributed by atoms with E-state index in [0.29, 0.717) is 24.5 Å². The number of nitrogens with zero attached hydrogens (tertiary/aromatic N) is 1. The molecule has 2 N–H and O–H groups in total. The summed E-state index contributed by atoms with van der Waals surface area (Å²) in [5, 5.41) is 20.2. The molecule has 2 aliphatic heterocycles. The van der Waals surface area contributed by atoms with E-state index in [1.165, 1.54) is 0 Å². The Labute approximate surface area is 215 Å². The summed E-state index contributed by atoms with van der Waals surface area (Å²) in [6.45, 7) is 2.46. The van der Waals surface area contributed by atoms with Crippen molar-refractivity contribution in [2.24, 2.45) is 0 Å². The Morgan fingerprint density at radius 2 is 1.84 bits per heavy atom. The van der Waals surface area contributed by atoms with Crippen LogP contribution in [0.5, 0.6) is 23.0 Å². The molecule has 3 aromatic rings. The van der Waals surface area contributed by atoms with Crippen LogP contribution in [0.15, 0.2) is 66.7 Å². The minimum Gasteiger partial charge on any atom is -0.508 e. The Bertz CT molecular complexity index is 1280. The number of ether oxygens (including phenoxy) is 2. The van der Waals surface area contributed by atoms with Crippen molar-refractivity contribution in [1.29, 1.82) is 0 Å². The van der Waals surface area contributed by atoms with Crippen LogP contribution in [0.4, 0.5) is 8.78 Å². The number of alkyl halides is 2. The Kier molecular flexibility index (Phi) is 7.33. The zero-order valence-electron chi connectivity index (χ0n) is 20.7. The minimum atomic E-state index is -0.913. The first kappa shape index (κ1) is 25.1. The van der Waals surface area contributed by atoms with E-state index in [1.807, 2.05) is 42.2 Å². The van der Waals surface area contributed by atoms with Crippen LogP contribution < -0.4 is 9.47 Å². The number of hydrogen-bond donors (Lipinski definition) is 2. The Morgan fingerprint density at radius 1 is 1.05 bits per heavy atom. The molecule has 194 valence electrons. The number of phenols is 2. The third-order valence-corrected chi connectivity index (χ3v) is 7.15. The fourth-order valence-electron chi connectivity index (χ4n) is 5.18. The summed E-state index contributed by atoms with van der Waals surface area (Å²) in [7, 11) is 0. The number of halogens is 2. The van der Waals surface area contributed by atoms with Gasteiger partial charge >= 0.3 is 0 Å². The highest BCUT2D eigenvalue weighted by Crippen LogP contribution is 2.47. The molecule has 0 bridgehead atoms. The molecule has 1 fully saturated rings. The summed E-state index contributed by atoms with van der Waals surface area (Å²) >= 11 is 0. The number of hydrogen-bond acceptors (Lipinski definition) is 5. The molecule has 2 heterocycles. The van der Waals surface area contributed by atoms with Crippen LogP contribution in [0.3, 0.4) is 0 Å². The fraction of sp³-hybridized carbons (Fsp3) is 0.333. The summed E-state index contributed by atoms with van der Waals surface area (Å²) in [6, 6.07) is 19.0. The predicted molar refractivity (Wildman–Crippen MR) is 139 cm³/mol. The van der Waals surface area contributed by atoms with Crippen LogP contribution >= 0.6 is 0 Å². The molecule has 0 aliphatic carbocycles. The lowest BCUT2D eigenvalue weighted by molar-refractivity contribution is 0.0594. The molecule has 0 amide bonds. The van der Waals surface area contributed by atoms with Gasteiger partial charge in [-0.15, -0.1) is 0 Å². The number of allylic oxidation sites excluding steroid dienone is 1. The maximum Gasteiger partial charge on any atom is 0.150 e. The monoisotopic (exact) mass is 507 g/mol. The van der Waals surface area contributed by atoms with Gasteiger partial charge in [0, 0.05) is 17.7 Å². The molecule has 3 atom stereocenters. The maximum atomic E-state index is 13.8. The van der Waals surface area contributed by atoms with Crippen molar-refractivity contribution >= 4 is 11.1 Å². The van der Waals surface area contributed by atoms with Crippen LogP contribution in [0.2, 0.25) is 0 Å².